The Morgan fingerprint density at radius 3 is 2.32 bits per heavy atom. The highest BCUT2D eigenvalue weighted by atomic mass is 35.5. The van der Waals surface area contributed by atoms with E-state index in [1.54, 1.807) is 6.92 Å². The number of piperidine rings is 1. The van der Waals surface area contributed by atoms with Gasteiger partial charge in [-0.05, 0) is 87.5 Å². The average molecular weight is 552 g/mol. The van der Waals surface area contributed by atoms with Gasteiger partial charge in [0.05, 0.1) is 12.1 Å². The molecule has 1 fully saturated rings. The van der Waals surface area contributed by atoms with Crippen molar-refractivity contribution in [2.45, 2.75) is 77.7 Å². The lowest BCUT2D eigenvalue weighted by molar-refractivity contribution is -0.117. The maximum absolute atomic E-state index is 12.4. The molecule has 37 heavy (non-hydrogen) atoms. The van der Waals surface area contributed by atoms with Crippen LogP contribution in [0.4, 0.5) is 10.5 Å². The summed E-state index contributed by atoms with van der Waals surface area (Å²) in [6.07, 6.45) is 2.34. The summed E-state index contributed by atoms with van der Waals surface area (Å²) in [6, 6.07) is 15.1. The third kappa shape index (κ3) is 7.84. The summed E-state index contributed by atoms with van der Waals surface area (Å²) in [7, 11) is 0. The monoisotopic (exact) mass is 550 g/mol. The highest BCUT2D eigenvalue weighted by Crippen LogP contribution is 2.39. The maximum Gasteiger partial charge on any atom is 0.407 e. The van der Waals surface area contributed by atoms with E-state index in [-0.39, 0.29) is 48.9 Å². The lowest BCUT2D eigenvalue weighted by Gasteiger charge is -2.39. The van der Waals surface area contributed by atoms with Gasteiger partial charge in [-0.2, -0.15) is 0 Å². The predicted molar refractivity (Wildman–Crippen MR) is 154 cm³/mol. The Morgan fingerprint density at radius 1 is 1.05 bits per heavy atom. The van der Waals surface area contributed by atoms with Crippen LogP contribution >= 0.6 is 24.8 Å². The van der Waals surface area contributed by atoms with Gasteiger partial charge in [0, 0.05) is 31.2 Å². The molecule has 2 aliphatic rings. The van der Waals surface area contributed by atoms with Gasteiger partial charge in [-0.15, -0.1) is 24.8 Å². The molecule has 2 atom stereocenters. The minimum atomic E-state index is -0.435. The van der Waals surface area contributed by atoms with E-state index in [0.29, 0.717) is 12.5 Å². The van der Waals surface area contributed by atoms with E-state index in [4.69, 9.17) is 4.74 Å². The fourth-order valence-electron chi connectivity index (χ4n) is 5.15. The van der Waals surface area contributed by atoms with Crippen LogP contribution < -0.4 is 20.9 Å². The van der Waals surface area contributed by atoms with E-state index in [1.807, 2.05) is 31.7 Å². The smallest absolute Gasteiger partial charge is 0.407 e. The predicted octanol–water partition coefficient (Wildman–Crippen LogP) is 5.36. The molecule has 0 spiro atoms. The van der Waals surface area contributed by atoms with E-state index >= 15 is 0 Å². The van der Waals surface area contributed by atoms with Gasteiger partial charge in [0.1, 0.15) is 0 Å². The summed E-state index contributed by atoms with van der Waals surface area (Å²) in [4.78, 5) is 26.6. The fourth-order valence-corrected chi connectivity index (χ4v) is 5.15. The van der Waals surface area contributed by atoms with Crippen molar-refractivity contribution in [3.63, 3.8) is 0 Å². The first-order valence-electron chi connectivity index (χ1n) is 12.8. The number of benzene rings is 2. The number of halogens is 2. The van der Waals surface area contributed by atoms with Crippen molar-refractivity contribution in [1.29, 1.82) is 0 Å². The number of hydrogen-bond donors (Lipinski definition) is 3. The Balaban J connectivity index is 0.00000241. The minimum absolute atomic E-state index is 0. The zero-order chi connectivity index (χ0) is 24.9. The molecule has 3 N–H and O–H groups in total. The third-order valence-corrected chi connectivity index (χ3v) is 6.88. The number of carbonyl (C=O) groups excluding carboxylic acids is 2. The molecule has 0 aromatic heterocycles. The Bertz CT molecular complexity index is 1040. The van der Waals surface area contributed by atoms with Crippen LogP contribution in [0.25, 0.3) is 11.1 Å². The molecular weight excluding hydrogens is 511 g/mol. The summed E-state index contributed by atoms with van der Waals surface area (Å²) in [5.74, 6) is 0.000284. The fraction of sp³-hybridized carbons (Fsp3) is 0.500. The molecule has 2 amide bonds. The molecule has 204 valence electrons. The number of rotatable bonds is 6. The highest BCUT2D eigenvalue weighted by Gasteiger charge is 2.33. The number of ether oxygens (including phenoxy) is 1. The lowest BCUT2D eigenvalue weighted by atomic mass is 9.89. The Kier molecular flexibility index (Phi) is 11.7. The third-order valence-electron chi connectivity index (χ3n) is 6.88. The Labute approximate surface area is 232 Å². The number of fused-ring (bicyclic) bond motifs is 1. The molecule has 2 aromatic rings. The van der Waals surface area contributed by atoms with Crippen LogP contribution in [0.15, 0.2) is 42.5 Å². The molecule has 7 nitrogen and oxygen atoms in total. The molecule has 2 aromatic carbocycles. The van der Waals surface area contributed by atoms with Crippen molar-refractivity contribution in [1.82, 2.24) is 16.0 Å². The Morgan fingerprint density at radius 2 is 1.70 bits per heavy atom. The number of anilines is 1. The molecule has 0 aliphatic carbocycles. The number of hydrogen-bond acceptors (Lipinski definition) is 5. The number of nitrogens with one attached hydrogen (secondary N) is 3. The van der Waals surface area contributed by atoms with Gasteiger partial charge < -0.3 is 25.6 Å². The standard InChI is InChI=1S/C28H38N4O3.2ClH/c1-18(2)35-28(34)31-26-15-19(3)32(20(4)33)27-10-9-23(16-25(26)27)22-7-5-21(6-8-22)17-30-24-11-13-29-14-12-24;;/h5-10,16,18-19,24,26,29-30H,11-15,17H2,1-4H3,(H,31,34);2*1H/t19-,26+;;/m0../s1. The number of amides is 2. The van der Waals surface area contributed by atoms with Crippen LogP contribution in [0.3, 0.4) is 0 Å². The largest absolute Gasteiger partial charge is 0.447 e. The van der Waals surface area contributed by atoms with Gasteiger partial charge in [0.25, 0.3) is 0 Å². The van der Waals surface area contributed by atoms with Crippen LogP contribution in [0.2, 0.25) is 0 Å². The zero-order valence-electron chi connectivity index (χ0n) is 22.1. The van der Waals surface area contributed by atoms with Crippen molar-refractivity contribution in [2.24, 2.45) is 0 Å². The first kappa shape index (κ1) is 30.9. The normalized spacial score (nSPS) is 19.3. The van der Waals surface area contributed by atoms with Crippen LogP contribution in [0, 0.1) is 0 Å². The van der Waals surface area contributed by atoms with Gasteiger partial charge in [-0.3, -0.25) is 4.79 Å². The number of alkyl carbamates (subject to hydrolysis) is 1. The summed E-state index contributed by atoms with van der Waals surface area (Å²) in [5.41, 5.74) is 5.21. The maximum atomic E-state index is 12.4. The van der Waals surface area contributed by atoms with Crippen LogP contribution in [-0.4, -0.2) is 43.3 Å². The van der Waals surface area contributed by atoms with E-state index < -0.39 is 6.09 Å². The second kappa shape index (κ2) is 14.0. The van der Waals surface area contributed by atoms with Crippen molar-refractivity contribution in [3.05, 3.63) is 53.6 Å². The molecule has 0 saturated carbocycles. The van der Waals surface area contributed by atoms with E-state index in [9.17, 15) is 9.59 Å². The van der Waals surface area contributed by atoms with Crippen LogP contribution in [0.1, 0.15) is 64.1 Å². The second-order valence-corrected chi connectivity index (χ2v) is 10.0. The average Bonchev–Trinajstić information content (AvgIpc) is 2.83. The second-order valence-electron chi connectivity index (χ2n) is 10.0. The van der Waals surface area contributed by atoms with E-state index in [1.165, 1.54) is 18.4 Å². The van der Waals surface area contributed by atoms with Gasteiger partial charge in [0.15, 0.2) is 0 Å². The number of nitrogens with zero attached hydrogens (tertiary/aromatic N) is 1. The van der Waals surface area contributed by atoms with Crippen molar-refractivity contribution in [2.75, 3.05) is 18.0 Å². The lowest BCUT2D eigenvalue weighted by Crippen LogP contribution is -2.45. The van der Waals surface area contributed by atoms with Gasteiger partial charge >= 0.3 is 6.09 Å². The molecule has 9 heteroatoms. The Hall–Kier alpha value is -2.32. The van der Waals surface area contributed by atoms with Crippen LogP contribution in [0.5, 0.6) is 0 Å². The van der Waals surface area contributed by atoms with Crippen molar-refractivity contribution >= 4 is 42.5 Å². The highest BCUT2D eigenvalue weighted by molar-refractivity contribution is 5.94. The summed E-state index contributed by atoms with van der Waals surface area (Å²) >= 11 is 0. The van der Waals surface area contributed by atoms with Gasteiger partial charge in [-0.25, -0.2) is 4.79 Å². The first-order chi connectivity index (χ1) is 16.8. The first-order valence-corrected chi connectivity index (χ1v) is 12.8. The SMILES string of the molecule is CC(=O)N1c2ccc(-c3ccc(CNC4CCNCC4)cc3)cc2[C@H](NC(=O)OC(C)C)C[C@@H]1C.Cl.Cl. The van der Waals surface area contributed by atoms with Crippen molar-refractivity contribution in [3.8, 4) is 11.1 Å². The van der Waals surface area contributed by atoms with Crippen LogP contribution in [-0.2, 0) is 16.1 Å². The molecule has 0 unspecified atom stereocenters. The molecule has 4 rings (SSSR count). The van der Waals surface area contributed by atoms with E-state index in [0.717, 1.165) is 42.0 Å². The molecule has 0 bridgehead atoms. The summed E-state index contributed by atoms with van der Waals surface area (Å²) < 4.78 is 5.33. The van der Waals surface area contributed by atoms with Crippen molar-refractivity contribution < 1.29 is 14.3 Å². The summed E-state index contributed by atoms with van der Waals surface area (Å²) in [6.45, 7) is 10.3. The topological polar surface area (TPSA) is 82.7 Å². The summed E-state index contributed by atoms with van der Waals surface area (Å²) in [5, 5.41) is 10.1. The van der Waals surface area contributed by atoms with Gasteiger partial charge in [0.2, 0.25) is 5.91 Å². The molecule has 2 heterocycles. The molecule has 1 saturated heterocycles. The zero-order valence-corrected chi connectivity index (χ0v) is 23.7. The minimum Gasteiger partial charge on any atom is -0.447 e. The molecular formula is C28H40Cl2N4O3. The molecule has 0 radical (unpaired) electrons. The number of carbonyl (C=O) groups is 2. The molecule has 2 aliphatic heterocycles. The quantitative estimate of drug-likeness (QED) is 0.451. The van der Waals surface area contributed by atoms with E-state index in [2.05, 4.69) is 52.3 Å². The van der Waals surface area contributed by atoms with Gasteiger partial charge in [-0.1, -0.05) is 30.3 Å².